The van der Waals surface area contributed by atoms with Crippen molar-refractivity contribution < 1.29 is 29.3 Å². The highest BCUT2D eigenvalue weighted by atomic mass is 16.9. The largest absolute Gasteiger partial charge is 0.493 e. The first-order valence-corrected chi connectivity index (χ1v) is 11.4. The number of benzene rings is 1. The lowest BCUT2D eigenvalue weighted by atomic mass is 9.53. The molecule has 0 aromatic heterocycles. The van der Waals surface area contributed by atoms with E-state index in [1.165, 1.54) is 12.0 Å². The highest BCUT2D eigenvalue weighted by Crippen LogP contribution is 2.66. The summed E-state index contributed by atoms with van der Waals surface area (Å²) in [5.41, 5.74) is 3.85. The highest BCUT2D eigenvalue weighted by molar-refractivity contribution is 5.99. The number of ether oxygens (including phenoxy) is 3. The molecule has 6 atom stereocenters. The van der Waals surface area contributed by atoms with Crippen molar-refractivity contribution in [3.8, 4) is 11.5 Å². The Bertz CT molecular complexity index is 1070. The van der Waals surface area contributed by atoms with Gasteiger partial charge in [-0.25, -0.2) is 0 Å². The smallest absolute Gasteiger partial charge is 0.291 e. The average Bonchev–Trinajstić information content (AvgIpc) is 3.25. The molecule has 1 aliphatic carbocycles. The summed E-state index contributed by atoms with van der Waals surface area (Å²) in [5.74, 6) is 2.57. The summed E-state index contributed by atoms with van der Waals surface area (Å²) in [6, 6.07) is 4.87. The predicted octanol–water partition coefficient (Wildman–Crippen LogP) is 1.76. The summed E-state index contributed by atoms with van der Waals surface area (Å²) in [5, 5.41) is 13.6. The van der Waals surface area contributed by atoms with E-state index in [4.69, 9.17) is 29.5 Å². The molecule has 1 saturated carbocycles. The molecule has 10 nitrogen and oxygen atoms in total. The zero-order chi connectivity index (χ0) is 23.1. The maximum absolute atomic E-state index is 13.5. The molecule has 4 fully saturated rings. The fourth-order valence-corrected chi connectivity index (χ4v) is 7.87. The first-order valence-electron chi connectivity index (χ1n) is 11.4. The van der Waals surface area contributed by atoms with Gasteiger partial charge in [0.15, 0.2) is 11.5 Å². The van der Waals surface area contributed by atoms with Crippen LogP contribution < -0.4 is 14.4 Å². The quantitative estimate of drug-likeness (QED) is 0.406. The van der Waals surface area contributed by atoms with Gasteiger partial charge in [-0.05, 0) is 36.9 Å². The monoisotopic (exact) mass is 457 g/mol. The second-order valence-electron chi connectivity index (χ2n) is 9.72. The van der Waals surface area contributed by atoms with Gasteiger partial charge in [0.1, 0.15) is 0 Å². The molecule has 6 aliphatic rings. The summed E-state index contributed by atoms with van der Waals surface area (Å²) < 4.78 is 17.6. The third-order valence-corrected chi connectivity index (χ3v) is 8.81. The van der Waals surface area contributed by atoms with Crippen LogP contribution in [-0.4, -0.2) is 73.2 Å². The maximum Gasteiger partial charge on any atom is 0.291 e. The Kier molecular flexibility index (Phi) is 4.44. The van der Waals surface area contributed by atoms with E-state index in [1.807, 2.05) is 6.07 Å². The Morgan fingerprint density at radius 2 is 2.00 bits per heavy atom. The standard InChI is InChI=1S/C23H26N2O4.HNO3/c1-27-16-8-14-15(9-17(16)28-2)25-20(26)10-18-21-13-7-19-23(14,22(21)25)4-5-24(19)11-12(13)3-6-29-18;2-1(3)4/h3,8-9,13,18-19,21-22H,4-7,10-11H2,1-2H3;(H,2,3,4)/t13-,18-,19-,21-,22-,23+;/m0./s1. The lowest BCUT2D eigenvalue weighted by Gasteiger charge is -2.58. The number of carbonyl (C=O) groups is 1. The number of carbonyl (C=O) groups excluding carboxylic acids is 1. The van der Waals surface area contributed by atoms with Gasteiger partial charge in [-0.15, -0.1) is 10.1 Å². The normalized spacial score (nSPS) is 36.8. The van der Waals surface area contributed by atoms with Gasteiger partial charge in [0, 0.05) is 30.0 Å². The molecule has 0 unspecified atom stereocenters. The number of hydrogen-bond donors (Lipinski definition) is 1. The molecule has 33 heavy (non-hydrogen) atoms. The molecule has 3 saturated heterocycles. The van der Waals surface area contributed by atoms with E-state index < -0.39 is 5.09 Å². The third kappa shape index (κ3) is 2.59. The number of methoxy groups -OCH3 is 2. The van der Waals surface area contributed by atoms with Crippen molar-refractivity contribution >= 4 is 11.6 Å². The van der Waals surface area contributed by atoms with Gasteiger partial charge in [0.2, 0.25) is 5.91 Å². The van der Waals surface area contributed by atoms with Crippen molar-refractivity contribution in [2.75, 3.05) is 38.8 Å². The molecule has 1 amide bonds. The van der Waals surface area contributed by atoms with Crippen molar-refractivity contribution in [2.24, 2.45) is 11.8 Å². The molecule has 1 aromatic carbocycles. The molecule has 5 aliphatic heterocycles. The molecule has 1 aromatic rings. The van der Waals surface area contributed by atoms with E-state index in [2.05, 4.69) is 21.9 Å². The van der Waals surface area contributed by atoms with Gasteiger partial charge in [0.05, 0.1) is 45.1 Å². The van der Waals surface area contributed by atoms with Gasteiger partial charge in [0.25, 0.3) is 5.09 Å². The number of rotatable bonds is 2. The maximum atomic E-state index is 13.5. The van der Waals surface area contributed by atoms with E-state index in [0.29, 0.717) is 36.7 Å². The molecule has 10 heteroatoms. The zero-order valence-corrected chi connectivity index (χ0v) is 18.6. The number of nitrogens with zero attached hydrogens (tertiary/aromatic N) is 3. The van der Waals surface area contributed by atoms with Crippen LogP contribution in [0.2, 0.25) is 0 Å². The van der Waals surface area contributed by atoms with Crippen LogP contribution >= 0.6 is 0 Å². The van der Waals surface area contributed by atoms with Crippen molar-refractivity contribution in [1.29, 1.82) is 0 Å². The Morgan fingerprint density at radius 3 is 2.73 bits per heavy atom. The summed E-state index contributed by atoms with van der Waals surface area (Å²) in [6.07, 6.45) is 5.11. The van der Waals surface area contributed by atoms with Gasteiger partial charge in [-0.1, -0.05) is 11.6 Å². The molecule has 1 N–H and O–H groups in total. The molecule has 0 radical (unpaired) electrons. The van der Waals surface area contributed by atoms with Crippen molar-refractivity contribution in [3.63, 3.8) is 0 Å². The van der Waals surface area contributed by atoms with Crippen LogP contribution in [0.1, 0.15) is 24.8 Å². The minimum absolute atomic E-state index is 0.0242. The second kappa shape index (κ2) is 7.07. The zero-order valence-electron chi connectivity index (χ0n) is 18.6. The molecule has 1 spiro atoms. The van der Waals surface area contributed by atoms with E-state index in [0.717, 1.165) is 30.9 Å². The Labute approximate surface area is 190 Å². The first kappa shape index (κ1) is 20.7. The van der Waals surface area contributed by atoms with E-state index in [1.54, 1.807) is 19.8 Å². The number of anilines is 1. The summed E-state index contributed by atoms with van der Waals surface area (Å²) >= 11 is 0. The Hall–Kier alpha value is -2.85. The van der Waals surface area contributed by atoms with E-state index >= 15 is 0 Å². The van der Waals surface area contributed by atoms with Crippen LogP contribution in [0.15, 0.2) is 23.8 Å². The van der Waals surface area contributed by atoms with Crippen LogP contribution in [0.25, 0.3) is 0 Å². The topological polar surface area (TPSA) is 115 Å². The van der Waals surface area contributed by atoms with Crippen LogP contribution in [0, 0.1) is 22.0 Å². The predicted molar refractivity (Wildman–Crippen MR) is 115 cm³/mol. The van der Waals surface area contributed by atoms with Crippen LogP contribution in [-0.2, 0) is 14.9 Å². The molecule has 176 valence electrons. The minimum atomic E-state index is -1.50. The van der Waals surface area contributed by atoms with Gasteiger partial charge in [-0.3, -0.25) is 9.69 Å². The van der Waals surface area contributed by atoms with Crippen LogP contribution in [0.3, 0.4) is 0 Å². The van der Waals surface area contributed by atoms with Crippen molar-refractivity contribution in [2.45, 2.75) is 42.9 Å². The molecular formula is C23H27N3O7. The lowest BCUT2D eigenvalue weighted by Crippen LogP contribution is -2.69. The molecular weight excluding hydrogens is 430 g/mol. The summed E-state index contributed by atoms with van der Waals surface area (Å²) in [6.45, 7) is 2.80. The lowest BCUT2D eigenvalue weighted by molar-refractivity contribution is -0.742. The van der Waals surface area contributed by atoms with Crippen molar-refractivity contribution in [3.05, 3.63) is 39.5 Å². The fourth-order valence-electron chi connectivity index (χ4n) is 7.87. The number of fused-ring (bicyclic) bond motifs is 2. The van der Waals surface area contributed by atoms with Gasteiger partial charge in [-0.2, -0.15) is 0 Å². The van der Waals surface area contributed by atoms with E-state index in [-0.39, 0.29) is 23.5 Å². The average molecular weight is 457 g/mol. The Morgan fingerprint density at radius 1 is 1.27 bits per heavy atom. The number of hydrogen-bond acceptors (Lipinski definition) is 7. The SMILES string of the molecule is COc1cc2c(cc1OC)[C@@]13CCN4CC5=CCO[C@H]6CC(=O)N2[C@H]1[C@H]6[C@H]5C[C@H]43.O=[N+]([O-])O. The van der Waals surface area contributed by atoms with E-state index in [9.17, 15) is 4.79 Å². The molecule has 2 bridgehead atoms. The first-order chi connectivity index (χ1) is 15.9. The van der Waals surface area contributed by atoms with Gasteiger partial charge < -0.3 is 24.3 Å². The summed E-state index contributed by atoms with van der Waals surface area (Å²) in [7, 11) is 3.36. The van der Waals surface area contributed by atoms with Crippen LogP contribution in [0.5, 0.6) is 11.5 Å². The number of amides is 1. The van der Waals surface area contributed by atoms with Gasteiger partial charge >= 0.3 is 0 Å². The second-order valence-corrected chi connectivity index (χ2v) is 9.72. The summed E-state index contributed by atoms with van der Waals surface area (Å²) in [4.78, 5) is 26.6. The Balaban J connectivity index is 0.000000481. The highest BCUT2D eigenvalue weighted by Gasteiger charge is 2.71. The molecule has 5 heterocycles. The fraction of sp³-hybridized carbons (Fsp3) is 0.609. The molecule has 7 rings (SSSR count). The van der Waals surface area contributed by atoms with Crippen molar-refractivity contribution in [1.82, 2.24) is 4.90 Å². The number of piperidine rings is 2. The third-order valence-electron chi connectivity index (χ3n) is 8.81. The minimum Gasteiger partial charge on any atom is -0.493 e. The van der Waals surface area contributed by atoms with Crippen LogP contribution in [0.4, 0.5) is 5.69 Å².